The van der Waals surface area contributed by atoms with Gasteiger partial charge in [-0.05, 0) is 51.0 Å². The Balaban J connectivity index is 2.25. The highest BCUT2D eigenvalue weighted by Crippen LogP contribution is 2.30. The lowest BCUT2D eigenvalue weighted by molar-refractivity contribution is -0.130. The zero-order valence-electron chi connectivity index (χ0n) is 17.4. The Labute approximate surface area is 170 Å². The number of aryl methyl sites for hydroxylation is 2. The minimum atomic E-state index is -0.724. The number of halogens is 1. The topological polar surface area (TPSA) is 70.7 Å². The SMILES string of the molecule is CCc1cc(CC)n2nc(-c3ccc(O)c(F)c3)c(CC(=O)N(CC)CC)c2n1. The molecule has 1 N–H and O–H groups in total. The van der Waals surface area contributed by atoms with Gasteiger partial charge in [-0.15, -0.1) is 0 Å². The van der Waals surface area contributed by atoms with Crippen LogP contribution in [-0.4, -0.2) is 43.6 Å². The first kappa shape index (κ1) is 20.8. The molecule has 0 radical (unpaired) electrons. The first-order valence-corrected chi connectivity index (χ1v) is 10.1. The molecule has 0 bridgehead atoms. The monoisotopic (exact) mass is 398 g/mol. The largest absolute Gasteiger partial charge is 0.505 e. The molecule has 0 spiro atoms. The molecule has 7 heteroatoms. The van der Waals surface area contributed by atoms with E-state index < -0.39 is 11.6 Å². The Kier molecular flexibility index (Phi) is 6.15. The summed E-state index contributed by atoms with van der Waals surface area (Å²) in [7, 11) is 0. The van der Waals surface area contributed by atoms with Gasteiger partial charge < -0.3 is 10.0 Å². The molecule has 6 nitrogen and oxygen atoms in total. The van der Waals surface area contributed by atoms with Crippen molar-refractivity contribution in [3.8, 4) is 17.0 Å². The number of hydrogen-bond acceptors (Lipinski definition) is 4. The summed E-state index contributed by atoms with van der Waals surface area (Å²) in [6, 6.07) is 6.17. The number of fused-ring (bicyclic) bond motifs is 1. The molecule has 0 saturated carbocycles. The number of phenols is 1. The highest BCUT2D eigenvalue weighted by Gasteiger charge is 2.23. The van der Waals surface area contributed by atoms with Crippen molar-refractivity contribution in [3.63, 3.8) is 0 Å². The second-order valence-electron chi connectivity index (χ2n) is 6.92. The molecular weight excluding hydrogens is 371 g/mol. The van der Waals surface area contributed by atoms with Crippen molar-refractivity contribution in [2.45, 2.75) is 47.0 Å². The van der Waals surface area contributed by atoms with Gasteiger partial charge in [-0.25, -0.2) is 13.9 Å². The summed E-state index contributed by atoms with van der Waals surface area (Å²) in [4.78, 5) is 19.4. The normalized spacial score (nSPS) is 11.2. The Bertz CT molecular complexity index is 1040. The number of carbonyl (C=O) groups excluding carboxylic acids is 1. The van der Waals surface area contributed by atoms with Crippen LogP contribution in [0.1, 0.15) is 44.6 Å². The summed E-state index contributed by atoms with van der Waals surface area (Å²) in [5.74, 6) is -1.16. The number of benzene rings is 1. The Morgan fingerprint density at radius 1 is 1.14 bits per heavy atom. The van der Waals surface area contributed by atoms with E-state index in [0.29, 0.717) is 35.6 Å². The predicted octanol–water partition coefficient (Wildman–Crippen LogP) is 3.78. The van der Waals surface area contributed by atoms with E-state index in [2.05, 4.69) is 0 Å². The summed E-state index contributed by atoms with van der Waals surface area (Å²) in [5.41, 5.74) is 4.23. The molecule has 1 amide bonds. The van der Waals surface area contributed by atoms with Gasteiger partial charge in [-0.1, -0.05) is 13.8 Å². The van der Waals surface area contributed by atoms with Crippen molar-refractivity contribution >= 4 is 11.6 Å². The number of nitrogens with zero attached hydrogens (tertiary/aromatic N) is 4. The third-order valence-corrected chi connectivity index (χ3v) is 5.20. The maximum atomic E-state index is 14.0. The summed E-state index contributed by atoms with van der Waals surface area (Å²) < 4.78 is 15.8. The van der Waals surface area contributed by atoms with Crippen molar-refractivity contribution < 1.29 is 14.3 Å². The summed E-state index contributed by atoms with van der Waals surface area (Å²) in [6.45, 7) is 9.19. The van der Waals surface area contributed by atoms with Crippen LogP contribution in [0.5, 0.6) is 5.75 Å². The number of aromatic hydroxyl groups is 1. The predicted molar refractivity (Wildman–Crippen MR) is 110 cm³/mol. The van der Waals surface area contributed by atoms with Crippen molar-refractivity contribution in [2.75, 3.05) is 13.1 Å². The summed E-state index contributed by atoms with van der Waals surface area (Å²) in [6.07, 6.45) is 1.65. The standard InChI is InChI=1S/C22H27FN4O2/c1-5-15-12-16(6-2)27-22(24-15)17(13-20(29)26(7-3)8-4)21(25-27)14-9-10-19(28)18(23)11-14/h9-12,28H,5-8,13H2,1-4H3. The van der Waals surface area contributed by atoms with Crippen LogP contribution in [0.25, 0.3) is 16.9 Å². The molecule has 3 rings (SSSR count). The number of phenolic OH excluding ortho intramolecular Hbond substituents is 1. The van der Waals surface area contributed by atoms with Gasteiger partial charge in [0.25, 0.3) is 0 Å². The molecule has 3 aromatic rings. The van der Waals surface area contributed by atoms with E-state index >= 15 is 0 Å². The van der Waals surface area contributed by atoms with Gasteiger partial charge in [0.15, 0.2) is 17.2 Å². The van der Waals surface area contributed by atoms with E-state index in [-0.39, 0.29) is 12.3 Å². The number of likely N-dealkylation sites (N-methyl/N-ethyl adjacent to an activating group) is 1. The number of carbonyl (C=O) groups is 1. The van der Waals surface area contributed by atoms with Crippen LogP contribution >= 0.6 is 0 Å². The van der Waals surface area contributed by atoms with Crippen molar-refractivity contribution in [1.29, 1.82) is 0 Å². The minimum Gasteiger partial charge on any atom is -0.505 e. The fourth-order valence-electron chi connectivity index (χ4n) is 3.50. The molecule has 29 heavy (non-hydrogen) atoms. The van der Waals surface area contributed by atoms with Crippen LogP contribution in [0, 0.1) is 5.82 Å². The van der Waals surface area contributed by atoms with E-state index in [1.165, 1.54) is 12.1 Å². The van der Waals surface area contributed by atoms with Gasteiger partial charge in [0, 0.05) is 35.6 Å². The van der Waals surface area contributed by atoms with E-state index in [1.54, 1.807) is 15.5 Å². The van der Waals surface area contributed by atoms with Gasteiger partial charge in [-0.2, -0.15) is 5.10 Å². The molecule has 0 unspecified atom stereocenters. The molecule has 154 valence electrons. The van der Waals surface area contributed by atoms with Crippen LogP contribution in [0.2, 0.25) is 0 Å². The van der Waals surface area contributed by atoms with E-state index in [4.69, 9.17) is 10.1 Å². The molecule has 0 aliphatic rings. The molecule has 2 heterocycles. The zero-order chi connectivity index (χ0) is 21.1. The molecule has 0 fully saturated rings. The van der Waals surface area contributed by atoms with Crippen LogP contribution in [0.3, 0.4) is 0 Å². The number of hydrogen-bond donors (Lipinski definition) is 1. The van der Waals surface area contributed by atoms with Crippen LogP contribution in [0.4, 0.5) is 4.39 Å². The second-order valence-corrected chi connectivity index (χ2v) is 6.92. The van der Waals surface area contributed by atoms with Gasteiger partial charge in [0.2, 0.25) is 5.91 Å². The van der Waals surface area contributed by atoms with Gasteiger partial charge in [-0.3, -0.25) is 4.79 Å². The fraction of sp³-hybridized carbons (Fsp3) is 0.409. The summed E-state index contributed by atoms with van der Waals surface area (Å²) in [5, 5.41) is 14.3. The first-order chi connectivity index (χ1) is 13.9. The molecular formula is C22H27FN4O2. The maximum absolute atomic E-state index is 14.0. The van der Waals surface area contributed by atoms with E-state index in [1.807, 2.05) is 33.8 Å². The smallest absolute Gasteiger partial charge is 0.227 e. The van der Waals surface area contributed by atoms with Gasteiger partial charge >= 0.3 is 0 Å². The lowest BCUT2D eigenvalue weighted by atomic mass is 10.0. The minimum absolute atomic E-state index is 0.0212. The van der Waals surface area contributed by atoms with Crippen LogP contribution in [-0.2, 0) is 24.1 Å². The van der Waals surface area contributed by atoms with Gasteiger partial charge in [0.1, 0.15) is 0 Å². The highest BCUT2D eigenvalue weighted by molar-refractivity contribution is 5.84. The first-order valence-electron chi connectivity index (χ1n) is 10.1. The Morgan fingerprint density at radius 2 is 1.86 bits per heavy atom. The molecule has 0 saturated heterocycles. The lowest BCUT2D eigenvalue weighted by Crippen LogP contribution is -2.31. The number of aromatic nitrogens is 3. The van der Waals surface area contributed by atoms with Crippen LogP contribution < -0.4 is 0 Å². The van der Waals surface area contributed by atoms with Crippen molar-refractivity contribution in [1.82, 2.24) is 19.5 Å². The van der Waals surface area contributed by atoms with Crippen molar-refractivity contribution in [3.05, 3.63) is 47.0 Å². The van der Waals surface area contributed by atoms with Crippen LogP contribution in [0.15, 0.2) is 24.3 Å². The molecule has 0 aliphatic carbocycles. The average molecular weight is 398 g/mol. The molecule has 2 aromatic heterocycles. The zero-order valence-corrected chi connectivity index (χ0v) is 17.4. The van der Waals surface area contributed by atoms with Crippen molar-refractivity contribution in [2.24, 2.45) is 0 Å². The molecule has 0 aliphatic heterocycles. The Morgan fingerprint density at radius 3 is 2.45 bits per heavy atom. The second kappa shape index (κ2) is 8.59. The number of rotatable bonds is 7. The average Bonchev–Trinajstić information content (AvgIpc) is 3.08. The van der Waals surface area contributed by atoms with Gasteiger partial charge in [0.05, 0.1) is 12.1 Å². The van der Waals surface area contributed by atoms with E-state index in [0.717, 1.165) is 24.2 Å². The maximum Gasteiger partial charge on any atom is 0.227 e. The number of amides is 1. The summed E-state index contributed by atoms with van der Waals surface area (Å²) >= 11 is 0. The third-order valence-electron chi connectivity index (χ3n) is 5.20. The third kappa shape index (κ3) is 3.95. The highest BCUT2D eigenvalue weighted by atomic mass is 19.1. The molecule has 1 aromatic carbocycles. The Hall–Kier alpha value is -2.96. The fourth-order valence-corrected chi connectivity index (χ4v) is 3.50. The molecule has 0 atom stereocenters. The lowest BCUT2D eigenvalue weighted by Gasteiger charge is -2.18. The quantitative estimate of drug-likeness (QED) is 0.658. The van der Waals surface area contributed by atoms with E-state index in [9.17, 15) is 14.3 Å².